The summed E-state index contributed by atoms with van der Waals surface area (Å²) in [5.74, 6) is 0.922. The predicted molar refractivity (Wildman–Crippen MR) is 68.2 cm³/mol. The minimum atomic E-state index is 0.922. The topological polar surface area (TPSA) is 28.7 Å². The molecule has 2 nitrogen and oxygen atoms in total. The van der Waals surface area contributed by atoms with E-state index in [1.165, 1.54) is 4.90 Å². The number of aromatic amines is 1. The maximum Gasteiger partial charge on any atom is 0.110 e. The lowest BCUT2D eigenvalue weighted by Crippen LogP contribution is -1.79. The molecule has 78 valence electrons. The molecule has 0 saturated carbocycles. The fourth-order valence-electron chi connectivity index (χ4n) is 1.40. The van der Waals surface area contributed by atoms with E-state index in [4.69, 9.17) is 0 Å². The average Bonchev–Trinajstić information content (AvgIpc) is 2.58. The number of nitrogens with one attached hydrogen (secondary N) is 1. The third kappa shape index (κ3) is 2.26. The summed E-state index contributed by atoms with van der Waals surface area (Å²) in [5, 5.41) is 0. The first-order chi connectivity index (χ1) is 7.20. The lowest BCUT2D eigenvalue weighted by molar-refractivity contribution is 1.14. The monoisotopic (exact) mass is 282 g/mol. The van der Waals surface area contributed by atoms with Gasteiger partial charge in [0.05, 0.1) is 0 Å². The molecule has 0 spiro atoms. The number of H-pyrrole nitrogens is 1. The SMILES string of the molecule is CSc1ccc(-c2nc(C)[nH]c2Br)cc1. The van der Waals surface area contributed by atoms with Crippen LogP contribution in [0.5, 0.6) is 0 Å². The molecule has 0 radical (unpaired) electrons. The van der Waals surface area contributed by atoms with Crippen LogP contribution in [0.15, 0.2) is 33.8 Å². The van der Waals surface area contributed by atoms with Crippen molar-refractivity contribution in [2.24, 2.45) is 0 Å². The number of aromatic nitrogens is 2. The van der Waals surface area contributed by atoms with Crippen LogP contribution in [0.2, 0.25) is 0 Å². The molecule has 0 unspecified atom stereocenters. The molecule has 1 heterocycles. The van der Waals surface area contributed by atoms with Crippen molar-refractivity contribution in [2.75, 3.05) is 6.26 Å². The van der Waals surface area contributed by atoms with E-state index in [0.29, 0.717) is 0 Å². The zero-order valence-electron chi connectivity index (χ0n) is 8.54. The second-order valence-electron chi connectivity index (χ2n) is 3.21. The molecule has 2 rings (SSSR count). The molecule has 0 bridgehead atoms. The van der Waals surface area contributed by atoms with Crippen molar-refractivity contribution < 1.29 is 0 Å². The molecular formula is C11H11BrN2S. The highest BCUT2D eigenvalue weighted by Crippen LogP contribution is 2.27. The van der Waals surface area contributed by atoms with Gasteiger partial charge in [0.1, 0.15) is 16.1 Å². The van der Waals surface area contributed by atoms with Crippen molar-refractivity contribution in [1.29, 1.82) is 0 Å². The Morgan fingerprint density at radius 1 is 1.27 bits per heavy atom. The third-order valence-corrected chi connectivity index (χ3v) is 3.46. The van der Waals surface area contributed by atoms with Crippen LogP contribution in [0.4, 0.5) is 0 Å². The predicted octanol–water partition coefficient (Wildman–Crippen LogP) is 3.87. The average molecular weight is 283 g/mol. The van der Waals surface area contributed by atoms with Crippen molar-refractivity contribution in [3.05, 3.63) is 34.7 Å². The van der Waals surface area contributed by atoms with Crippen LogP contribution in [0.25, 0.3) is 11.3 Å². The molecule has 0 aliphatic carbocycles. The zero-order chi connectivity index (χ0) is 10.8. The van der Waals surface area contributed by atoms with Gasteiger partial charge in [-0.3, -0.25) is 0 Å². The Morgan fingerprint density at radius 3 is 2.40 bits per heavy atom. The molecule has 15 heavy (non-hydrogen) atoms. The summed E-state index contributed by atoms with van der Waals surface area (Å²) >= 11 is 5.21. The normalized spacial score (nSPS) is 10.6. The molecule has 0 fully saturated rings. The van der Waals surface area contributed by atoms with E-state index >= 15 is 0 Å². The van der Waals surface area contributed by atoms with E-state index in [-0.39, 0.29) is 0 Å². The van der Waals surface area contributed by atoms with Crippen LogP contribution in [-0.2, 0) is 0 Å². The number of rotatable bonds is 2. The van der Waals surface area contributed by atoms with Crippen LogP contribution < -0.4 is 0 Å². The van der Waals surface area contributed by atoms with Gasteiger partial charge in [-0.05, 0) is 41.2 Å². The number of thioether (sulfide) groups is 1. The number of benzene rings is 1. The first-order valence-corrected chi connectivity index (χ1v) is 6.59. The Labute approximate surface area is 102 Å². The summed E-state index contributed by atoms with van der Waals surface area (Å²) in [6.45, 7) is 1.95. The molecule has 1 aromatic carbocycles. The van der Waals surface area contributed by atoms with E-state index in [9.17, 15) is 0 Å². The maximum absolute atomic E-state index is 4.43. The largest absolute Gasteiger partial charge is 0.336 e. The first kappa shape index (κ1) is 10.8. The Kier molecular flexibility index (Phi) is 3.17. The van der Waals surface area contributed by atoms with Gasteiger partial charge in [0.2, 0.25) is 0 Å². The quantitative estimate of drug-likeness (QED) is 0.847. The maximum atomic E-state index is 4.43. The third-order valence-electron chi connectivity index (χ3n) is 2.14. The van der Waals surface area contributed by atoms with Gasteiger partial charge in [0, 0.05) is 10.5 Å². The van der Waals surface area contributed by atoms with Crippen molar-refractivity contribution in [1.82, 2.24) is 9.97 Å². The highest BCUT2D eigenvalue weighted by molar-refractivity contribution is 9.10. The van der Waals surface area contributed by atoms with E-state index in [0.717, 1.165) is 21.7 Å². The molecular weight excluding hydrogens is 272 g/mol. The van der Waals surface area contributed by atoms with Gasteiger partial charge in [-0.1, -0.05) is 12.1 Å². The second kappa shape index (κ2) is 4.41. The highest BCUT2D eigenvalue weighted by Gasteiger charge is 2.07. The zero-order valence-corrected chi connectivity index (χ0v) is 10.9. The van der Waals surface area contributed by atoms with Gasteiger partial charge in [-0.2, -0.15) is 0 Å². The number of hydrogen-bond acceptors (Lipinski definition) is 2. The van der Waals surface area contributed by atoms with Gasteiger partial charge in [-0.15, -0.1) is 11.8 Å². The molecule has 2 aromatic rings. The van der Waals surface area contributed by atoms with Gasteiger partial charge in [0.15, 0.2) is 0 Å². The van der Waals surface area contributed by atoms with Crippen LogP contribution in [0, 0.1) is 6.92 Å². The fourth-order valence-corrected chi connectivity index (χ4v) is 2.42. The Balaban J connectivity index is 2.41. The second-order valence-corrected chi connectivity index (χ2v) is 4.89. The summed E-state index contributed by atoms with van der Waals surface area (Å²) in [7, 11) is 0. The van der Waals surface area contributed by atoms with Crippen molar-refractivity contribution >= 4 is 27.7 Å². The van der Waals surface area contributed by atoms with E-state index in [2.05, 4.69) is 56.4 Å². The number of halogens is 1. The summed E-state index contributed by atoms with van der Waals surface area (Å²) in [6, 6.07) is 8.39. The van der Waals surface area contributed by atoms with Crippen molar-refractivity contribution in [3.63, 3.8) is 0 Å². The van der Waals surface area contributed by atoms with Crippen LogP contribution in [0.1, 0.15) is 5.82 Å². The van der Waals surface area contributed by atoms with Gasteiger partial charge in [0.25, 0.3) is 0 Å². The highest BCUT2D eigenvalue weighted by atomic mass is 79.9. The standard InChI is InChI=1S/C11H11BrN2S/c1-7-13-10(11(12)14-7)8-3-5-9(15-2)6-4-8/h3-6H,1-2H3,(H,13,14). The summed E-state index contributed by atoms with van der Waals surface area (Å²) in [4.78, 5) is 8.83. The van der Waals surface area contributed by atoms with Gasteiger partial charge < -0.3 is 4.98 Å². The molecule has 4 heteroatoms. The van der Waals surface area contributed by atoms with Crippen LogP contribution in [0.3, 0.4) is 0 Å². The number of nitrogens with zero attached hydrogens (tertiary/aromatic N) is 1. The molecule has 0 aliphatic rings. The Morgan fingerprint density at radius 2 is 1.93 bits per heavy atom. The lowest BCUT2D eigenvalue weighted by atomic mass is 10.2. The minimum absolute atomic E-state index is 0.922. The minimum Gasteiger partial charge on any atom is -0.336 e. The molecule has 0 amide bonds. The van der Waals surface area contributed by atoms with Crippen molar-refractivity contribution in [2.45, 2.75) is 11.8 Å². The Bertz CT molecular complexity index is 462. The molecule has 0 saturated heterocycles. The fraction of sp³-hybridized carbons (Fsp3) is 0.182. The Hall–Kier alpha value is -0.740. The molecule has 0 atom stereocenters. The van der Waals surface area contributed by atoms with Crippen LogP contribution in [-0.4, -0.2) is 16.2 Å². The first-order valence-electron chi connectivity index (χ1n) is 4.57. The van der Waals surface area contributed by atoms with E-state index in [1.54, 1.807) is 11.8 Å². The number of aryl methyl sites for hydroxylation is 1. The molecule has 0 aliphatic heterocycles. The summed E-state index contributed by atoms with van der Waals surface area (Å²) in [6.07, 6.45) is 2.07. The molecule has 1 aromatic heterocycles. The van der Waals surface area contributed by atoms with Crippen LogP contribution >= 0.6 is 27.7 Å². The van der Waals surface area contributed by atoms with Gasteiger partial charge >= 0.3 is 0 Å². The van der Waals surface area contributed by atoms with Gasteiger partial charge in [-0.25, -0.2) is 4.98 Å². The van der Waals surface area contributed by atoms with E-state index < -0.39 is 0 Å². The lowest BCUT2D eigenvalue weighted by Gasteiger charge is -1.99. The summed E-state index contributed by atoms with van der Waals surface area (Å²) in [5.41, 5.74) is 2.10. The number of hydrogen-bond donors (Lipinski definition) is 1. The van der Waals surface area contributed by atoms with Crippen molar-refractivity contribution in [3.8, 4) is 11.3 Å². The number of imidazole rings is 1. The summed E-state index contributed by atoms with van der Waals surface area (Å²) < 4.78 is 0.942. The van der Waals surface area contributed by atoms with E-state index in [1.807, 2.05) is 6.92 Å². The molecule has 1 N–H and O–H groups in total. The smallest absolute Gasteiger partial charge is 0.110 e.